The molecule has 1 heterocycles. The number of hydrogen-bond donors (Lipinski definition) is 0. The van der Waals surface area contributed by atoms with E-state index in [1.807, 2.05) is 0 Å². The van der Waals surface area contributed by atoms with E-state index >= 15 is 0 Å². The van der Waals surface area contributed by atoms with Crippen LogP contribution in [-0.2, 0) is 0 Å². The summed E-state index contributed by atoms with van der Waals surface area (Å²) in [7, 11) is 0. The summed E-state index contributed by atoms with van der Waals surface area (Å²) in [6.07, 6.45) is 8.15. The van der Waals surface area contributed by atoms with Crippen LogP contribution in [0, 0.1) is 0 Å². The minimum atomic E-state index is 0.605. The number of piperazine rings is 1. The van der Waals surface area contributed by atoms with Crippen LogP contribution in [0.25, 0.3) is 0 Å². The zero-order chi connectivity index (χ0) is 18.3. The molecular formula is C24H30N2O. The zero-order valence-corrected chi connectivity index (χ0v) is 16.1. The topological polar surface area (TPSA) is 15.7 Å². The third kappa shape index (κ3) is 4.92. The molecule has 3 nitrogen and oxygen atoms in total. The summed E-state index contributed by atoms with van der Waals surface area (Å²) >= 11 is 0. The molecule has 1 unspecified atom stereocenters. The van der Waals surface area contributed by atoms with Crippen molar-refractivity contribution in [2.24, 2.45) is 0 Å². The van der Waals surface area contributed by atoms with Crippen molar-refractivity contribution in [2.45, 2.75) is 25.2 Å². The number of nitrogens with zero attached hydrogens (tertiary/aromatic N) is 2. The molecule has 1 saturated heterocycles. The second kappa shape index (κ2) is 9.09. The fourth-order valence-electron chi connectivity index (χ4n) is 4.07. The summed E-state index contributed by atoms with van der Waals surface area (Å²) in [4.78, 5) is 5.03. The summed E-state index contributed by atoms with van der Waals surface area (Å²) in [5, 5.41) is 0. The maximum absolute atomic E-state index is 5.95. The molecule has 1 aliphatic carbocycles. The normalized spacial score (nSPS) is 20.1. The first-order chi connectivity index (χ1) is 13.4. The number of hydrogen-bond acceptors (Lipinski definition) is 3. The van der Waals surface area contributed by atoms with E-state index in [0.29, 0.717) is 5.92 Å². The van der Waals surface area contributed by atoms with Gasteiger partial charge in [-0.05, 0) is 49.1 Å². The smallest absolute Gasteiger partial charge is 0.119 e. The highest BCUT2D eigenvalue weighted by Crippen LogP contribution is 2.29. The summed E-state index contributed by atoms with van der Waals surface area (Å²) < 4.78 is 5.95. The second-order valence-corrected chi connectivity index (χ2v) is 7.55. The van der Waals surface area contributed by atoms with Gasteiger partial charge in [0.25, 0.3) is 0 Å². The van der Waals surface area contributed by atoms with Gasteiger partial charge in [0, 0.05) is 44.3 Å². The average molecular weight is 363 g/mol. The van der Waals surface area contributed by atoms with Gasteiger partial charge in [-0.3, -0.25) is 4.90 Å². The lowest BCUT2D eigenvalue weighted by Crippen LogP contribution is -2.46. The van der Waals surface area contributed by atoms with Crippen LogP contribution in [0.2, 0.25) is 0 Å². The number of benzene rings is 2. The molecule has 0 radical (unpaired) electrons. The van der Waals surface area contributed by atoms with Crippen LogP contribution in [-0.4, -0.2) is 44.2 Å². The van der Waals surface area contributed by atoms with Gasteiger partial charge in [0.15, 0.2) is 0 Å². The largest absolute Gasteiger partial charge is 0.494 e. The standard InChI is InChI=1S/C24H30N2O/c1-2-9-23(10-3-1)26-18-16-25(17-19-26)15-6-20-27-24-13-11-22(12-14-24)21-7-4-5-8-21/h1-4,7,9-14,21H,5-6,8,15-20H2. The maximum atomic E-state index is 5.95. The van der Waals surface area contributed by atoms with Crippen LogP contribution in [0.4, 0.5) is 5.69 Å². The minimum Gasteiger partial charge on any atom is -0.494 e. The predicted octanol–water partition coefficient (Wildman–Crippen LogP) is 4.71. The minimum absolute atomic E-state index is 0.605. The van der Waals surface area contributed by atoms with E-state index in [-0.39, 0.29) is 0 Å². The first-order valence-electron chi connectivity index (χ1n) is 10.3. The number of rotatable bonds is 7. The van der Waals surface area contributed by atoms with Gasteiger partial charge in [-0.25, -0.2) is 0 Å². The van der Waals surface area contributed by atoms with E-state index in [4.69, 9.17) is 4.74 Å². The average Bonchev–Trinajstić information content (AvgIpc) is 3.28. The van der Waals surface area contributed by atoms with Crippen LogP contribution in [0.1, 0.15) is 30.7 Å². The van der Waals surface area contributed by atoms with Crippen LogP contribution in [0.3, 0.4) is 0 Å². The molecule has 4 rings (SSSR count). The Balaban J connectivity index is 1.14. The Morgan fingerprint density at radius 3 is 2.37 bits per heavy atom. The SMILES string of the molecule is C1=CC(c2ccc(OCCCN3CCN(c4ccccc4)CC3)cc2)CC1. The first-order valence-corrected chi connectivity index (χ1v) is 10.3. The second-order valence-electron chi connectivity index (χ2n) is 7.55. The molecule has 0 N–H and O–H groups in total. The van der Waals surface area contributed by atoms with Crippen LogP contribution >= 0.6 is 0 Å². The van der Waals surface area contributed by atoms with Crippen molar-refractivity contribution in [1.82, 2.24) is 4.90 Å². The Hall–Kier alpha value is -2.26. The molecular weight excluding hydrogens is 332 g/mol. The van der Waals surface area contributed by atoms with E-state index in [1.54, 1.807) is 0 Å². The molecule has 1 atom stereocenters. The van der Waals surface area contributed by atoms with Gasteiger partial charge in [0.05, 0.1) is 6.61 Å². The summed E-state index contributed by atoms with van der Waals surface area (Å²) in [6.45, 7) is 6.41. The fraction of sp³-hybridized carbons (Fsp3) is 0.417. The lowest BCUT2D eigenvalue weighted by atomic mass is 9.99. The van der Waals surface area contributed by atoms with Gasteiger partial charge in [-0.1, -0.05) is 42.5 Å². The number of para-hydroxylation sites is 1. The highest BCUT2D eigenvalue weighted by molar-refractivity contribution is 5.46. The summed E-state index contributed by atoms with van der Waals surface area (Å²) in [6, 6.07) is 19.4. The Morgan fingerprint density at radius 1 is 0.889 bits per heavy atom. The maximum Gasteiger partial charge on any atom is 0.119 e. The lowest BCUT2D eigenvalue weighted by molar-refractivity contribution is 0.224. The Kier molecular flexibility index (Phi) is 6.10. The zero-order valence-electron chi connectivity index (χ0n) is 16.1. The fourth-order valence-corrected chi connectivity index (χ4v) is 4.07. The first kappa shape index (κ1) is 18.1. The Bertz CT molecular complexity index is 718. The van der Waals surface area contributed by atoms with E-state index < -0.39 is 0 Å². The van der Waals surface area contributed by atoms with Crippen LogP contribution in [0.15, 0.2) is 66.7 Å². The molecule has 2 aliphatic rings. The van der Waals surface area contributed by atoms with Gasteiger partial charge in [0.2, 0.25) is 0 Å². The van der Waals surface area contributed by atoms with E-state index in [2.05, 4.69) is 76.5 Å². The third-order valence-electron chi connectivity index (χ3n) is 5.70. The van der Waals surface area contributed by atoms with Gasteiger partial charge < -0.3 is 9.64 Å². The van der Waals surface area contributed by atoms with Gasteiger partial charge in [-0.2, -0.15) is 0 Å². The van der Waals surface area contributed by atoms with Gasteiger partial charge in [0.1, 0.15) is 5.75 Å². The molecule has 0 saturated carbocycles. The van der Waals surface area contributed by atoms with E-state index in [9.17, 15) is 0 Å². The van der Waals surface area contributed by atoms with Crippen LogP contribution in [0.5, 0.6) is 5.75 Å². The molecule has 1 fully saturated rings. The number of anilines is 1. The molecule has 0 aromatic heterocycles. The van der Waals surface area contributed by atoms with E-state index in [0.717, 1.165) is 51.5 Å². The molecule has 2 aromatic carbocycles. The molecule has 0 bridgehead atoms. The molecule has 0 spiro atoms. The lowest BCUT2D eigenvalue weighted by Gasteiger charge is -2.36. The Labute approximate surface area is 163 Å². The van der Waals surface area contributed by atoms with Crippen molar-refractivity contribution in [2.75, 3.05) is 44.2 Å². The van der Waals surface area contributed by atoms with Crippen molar-refractivity contribution < 1.29 is 4.74 Å². The molecule has 27 heavy (non-hydrogen) atoms. The predicted molar refractivity (Wildman–Crippen MR) is 113 cm³/mol. The quantitative estimate of drug-likeness (QED) is 0.524. The van der Waals surface area contributed by atoms with Crippen molar-refractivity contribution in [1.29, 1.82) is 0 Å². The summed E-state index contributed by atoms with van der Waals surface area (Å²) in [5.74, 6) is 1.60. The third-order valence-corrected chi connectivity index (χ3v) is 5.70. The summed E-state index contributed by atoms with van der Waals surface area (Å²) in [5.41, 5.74) is 2.75. The van der Waals surface area contributed by atoms with Crippen molar-refractivity contribution >= 4 is 5.69 Å². The van der Waals surface area contributed by atoms with Crippen molar-refractivity contribution in [3.8, 4) is 5.75 Å². The molecule has 2 aromatic rings. The van der Waals surface area contributed by atoms with Crippen LogP contribution < -0.4 is 9.64 Å². The molecule has 0 amide bonds. The highest BCUT2D eigenvalue weighted by atomic mass is 16.5. The Morgan fingerprint density at radius 2 is 1.67 bits per heavy atom. The highest BCUT2D eigenvalue weighted by Gasteiger charge is 2.16. The van der Waals surface area contributed by atoms with Crippen molar-refractivity contribution in [3.63, 3.8) is 0 Å². The molecule has 142 valence electrons. The van der Waals surface area contributed by atoms with Crippen molar-refractivity contribution in [3.05, 3.63) is 72.3 Å². The molecule has 3 heteroatoms. The van der Waals surface area contributed by atoms with Gasteiger partial charge >= 0.3 is 0 Å². The van der Waals surface area contributed by atoms with E-state index in [1.165, 1.54) is 24.1 Å². The van der Waals surface area contributed by atoms with Gasteiger partial charge in [-0.15, -0.1) is 0 Å². The molecule has 1 aliphatic heterocycles. The monoisotopic (exact) mass is 362 g/mol. The number of ether oxygens (including phenoxy) is 1. The number of allylic oxidation sites excluding steroid dienone is 2.